The smallest absolute Gasteiger partial charge is 0.193 e. The molecule has 0 saturated carbocycles. The van der Waals surface area contributed by atoms with Crippen LogP contribution >= 0.6 is 0 Å². The van der Waals surface area contributed by atoms with Crippen molar-refractivity contribution in [2.24, 2.45) is 10.9 Å². The molecule has 1 aromatic heterocycles. The summed E-state index contributed by atoms with van der Waals surface area (Å²) in [5, 5.41) is 3.46. The summed E-state index contributed by atoms with van der Waals surface area (Å²) in [4.78, 5) is 11.5. The van der Waals surface area contributed by atoms with Crippen LogP contribution in [0.15, 0.2) is 35.8 Å². The minimum absolute atomic E-state index is 0.391. The normalized spacial score (nSPS) is 19.3. The molecule has 0 spiro atoms. The van der Waals surface area contributed by atoms with Gasteiger partial charge in [-0.1, -0.05) is 6.92 Å². The van der Waals surface area contributed by atoms with Crippen molar-refractivity contribution in [1.29, 1.82) is 0 Å². The fourth-order valence-corrected chi connectivity index (χ4v) is 4.12. The van der Waals surface area contributed by atoms with E-state index in [1.165, 1.54) is 0 Å². The van der Waals surface area contributed by atoms with E-state index in [1.807, 2.05) is 24.7 Å². The van der Waals surface area contributed by atoms with E-state index in [9.17, 15) is 0 Å². The number of nitrogens with zero attached hydrogens (tertiary/aromatic N) is 4. The first-order chi connectivity index (χ1) is 15.1. The van der Waals surface area contributed by atoms with Crippen molar-refractivity contribution in [2.45, 2.75) is 32.7 Å². The van der Waals surface area contributed by atoms with E-state index < -0.39 is 0 Å². The zero-order valence-electron chi connectivity index (χ0n) is 19.3. The Kier molecular flexibility index (Phi) is 8.03. The summed E-state index contributed by atoms with van der Waals surface area (Å²) >= 11 is 0. The molecule has 0 radical (unpaired) electrons. The van der Waals surface area contributed by atoms with Gasteiger partial charge in [-0.25, -0.2) is 4.98 Å². The number of hydrogen-bond donors (Lipinski definition) is 1. The van der Waals surface area contributed by atoms with E-state index in [-0.39, 0.29) is 0 Å². The first kappa shape index (κ1) is 22.8. The second kappa shape index (κ2) is 10.9. The third-order valence-corrected chi connectivity index (χ3v) is 5.90. The fourth-order valence-electron chi connectivity index (χ4n) is 4.12. The molecule has 1 saturated heterocycles. The molecular formula is C23H35N5O3. The predicted octanol–water partition coefficient (Wildman–Crippen LogP) is 3.00. The highest BCUT2D eigenvalue weighted by Gasteiger charge is 2.28. The Balaban J connectivity index is 1.75. The fraction of sp³-hybridized carbons (Fsp3) is 0.565. The Morgan fingerprint density at radius 2 is 1.94 bits per heavy atom. The molecule has 2 heterocycles. The van der Waals surface area contributed by atoms with Crippen molar-refractivity contribution in [3.8, 4) is 17.2 Å². The highest BCUT2D eigenvalue weighted by Crippen LogP contribution is 2.34. The van der Waals surface area contributed by atoms with Crippen LogP contribution in [0.2, 0.25) is 0 Å². The number of rotatable bonds is 8. The summed E-state index contributed by atoms with van der Waals surface area (Å²) < 4.78 is 18.7. The molecule has 170 valence electrons. The second-order valence-electron chi connectivity index (χ2n) is 7.79. The first-order valence-corrected chi connectivity index (χ1v) is 10.9. The van der Waals surface area contributed by atoms with Crippen LogP contribution in [0.5, 0.6) is 17.2 Å². The maximum Gasteiger partial charge on any atom is 0.193 e. The largest absolute Gasteiger partial charge is 0.496 e. The highest BCUT2D eigenvalue weighted by atomic mass is 16.5. The van der Waals surface area contributed by atoms with Gasteiger partial charge < -0.3 is 29.0 Å². The lowest BCUT2D eigenvalue weighted by atomic mass is 9.93. The van der Waals surface area contributed by atoms with Crippen molar-refractivity contribution in [3.05, 3.63) is 36.4 Å². The number of hydrogen-bond acceptors (Lipinski definition) is 5. The Labute approximate surface area is 185 Å². The molecule has 1 aromatic carbocycles. The second-order valence-corrected chi connectivity index (χ2v) is 7.79. The molecule has 31 heavy (non-hydrogen) atoms. The van der Waals surface area contributed by atoms with Gasteiger partial charge in [0.15, 0.2) is 5.96 Å². The third kappa shape index (κ3) is 5.42. The van der Waals surface area contributed by atoms with E-state index in [0.29, 0.717) is 30.7 Å². The minimum atomic E-state index is 0.391. The van der Waals surface area contributed by atoms with Crippen molar-refractivity contribution in [3.63, 3.8) is 0 Å². The lowest BCUT2D eigenvalue weighted by Crippen LogP contribution is -2.49. The van der Waals surface area contributed by atoms with Crippen LogP contribution in [0, 0.1) is 5.92 Å². The van der Waals surface area contributed by atoms with Crippen molar-refractivity contribution in [2.75, 3.05) is 47.5 Å². The van der Waals surface area contributed by atoms with Gasteiger partial charge in [-0.2, -0.15) is 0 Å². The number of benzene rings is 1. The average Bonchev–Trinajstić information content (AvgIpc) is 3.33. The Morgan fingerprint density at radius 1 is 1.19 bits per heavy atom. The summed E-state index contributed by atoms with van der Waals surface area (Å²) in [6.07, 6.45) is 7.64. The molecule has 1 N–H and O–H groups in total. The van der Waals surface area contributed by atoms with Gasteiger partial charge in [-0.15, -0.1) is 0 Å². The van der Waals surface area contributed by atoms with Crippen molar-refractivity contribution >= 4 is 5.96 Å². The van der Waals surface area contributed by atoms with Crippen molar-refractivity contribution in [1.82, 2.24) is 19.8 Å². The van der Waals surface area contributed by atoms with Gasteiger partial charge in [-0.05, 0) is 25.7 Å². The number of guanidine groups is 1. The van der Waals surface area contributed by atoms with Gasteiger partial charge in [0.1, 0.15) is 17.2 Å². The molecule has 0 amide bonds. The van der Waals surface area contributed by atoms with Crippen LogP contribution < -0.4 is 19.5 Å². The number of likely N-dealkylation sites (tertiary alicyclic amines) is 1. The van der Waals surface area contributed by atoms with Crippen LogP contribution in [0.3, 0.4) is 0 Å². The maximum absolute atomic E-state index is 5.58. The number of aromatic nitrogens is 2. The zero-order valence-corrected chi connectivity index (χ0v) is 19.3. The molecule has 1 fully saturated rings. The van der Waals surface area contributed by atoms with Gasteiger partial charge in [0, 0.05) is 56.3 Å². The quantitative estimate of drug-likeness (QED) is 0.514. The van der Waals surface area contributed by atoms with Gasteiger partial charge >= 0.3 is 0 Å². The maximum atomic E-state index is 5.58. The Bertz CT molecular complexity index is 828. The van der Waals surface area contributed by atoms with Crippen LogP contribution in [0.1, 0.15) is 31.9 Å². The Hall–Kier alpha value is -2.90. The summed E-state index contributed by atoms with van der Waals surface area (Å²) in [5.41, 5.74) is 0.994. The molecule has 2 aromatic rings. The highest BCUT2D eigenvalue weighted by molar-refractivity contribution is 5.80. The van der Waals surface area contributed by atoms with E-state index in [4.69, 9.17) is 19.2 Å². The molecule has 1 aliphatic rings. The molecule has 8 nitrogen and oxygen atoms in total. The zero-order chi connectivity index (χ0) is 22.2. The van der Waals surface area contributed by atoms with Crippen LogP contribution in [0.4, 0.5) is 0 Å². The summed E-state index contributed by atoms with van der Waals surface area (Å²) in [6.45, 7) is 7.78. The molecule has 0 aliphatic carbocycles. The molecule has 2 unspecified atom stereocenters. The Morgan fingerprint density at radius 3 is 2.52 bits per heavy atom. The third-order valence-electron chi connectivity index (χ3n) is 5.90. The molecule has 0 bridgehead atoms. The van der Waals surface area contributed by atoms with E-state index in [2.05, 4.69) is 39.8 Å². The van der Waals surface area contributed by atoms with Crippen LogP contribution in [-0.4, -0.2) is 67.9 Å². The average molecular weight is 430 g/mol. The number of aliphatic imine (C=N–C) groups is 1. The number of piperidine rings is 1. The van der Waals surface area contributed by atoms with E-state index in [0.717, 1.165) is 49.1 Å². The van der Waals surface area contributed by atoms with Crippen LogP contribution in [-0.2, 0) is 6.42 Å². The van der Waals surface area contributed by atoms with E-state index >= 15 is 0 Å². The topological polar surface area (TPSA) is 73.1 Å². The molecule has 1 aliphatic heterocycles. The SMILES string of the molecule is CCNC(=NCCc1c(OC)cc(OC)cc1OC)N1CCC(C)C(n2ccnc2)C1. The van der Waals surface area contributed by atoms with Gasteiger partial charge in [0.25, 0.3) is 0 Å². The number of methoxy groups -OCH3 is 3. The number of imidazole rings is 1. The molecule has 8 heteroatoms. The van der Waals surface area contributed by atoms with Gasteiger partial charge in [0.2, 0.25) is 0 Å². The number of ether oxygens (including phenoxy) is 3. The monoisotopic (exact) mass is 429 g/mol. The van der Waals surface area contributed by atoms with Gasteiger partial charge in [0.05, 0.1) is 33.7 Å². The van der Waals surface area contributed by atoms with E-state index in [1.54, 1.807) is 21.3 Å². The number of nitrogens with one attached hydrogen (secondary N) is 1. The van der Waals surface area contributed by atoms with Crippen molar-refractivity contribution < 1.29 is 14.2 Å². The van der Waals surface area contributed by atoms with Gasteiger partial charge in [-0.3, -0.25) is 4.99 Å². The standard InChI is InChI=1S/C23H35N5O3/c1-6-25-23(27-11-8-17(2)20(15-27)28-12-10-24-16-28)26-9-7-19-21(30-4)13-18(29-3)14-22(19)31-5/h10,12-14,16-17,20H,6-9,11,15H2,1-5H3,(H,25,26). The lowest BCUT2D eigenvalue weighted by molar-refractivity contribution is 0.189. The molecule has 3 rings (SSSR count). The summed E-state index contributed by atoms with van der Waals surface area (Å²) in [6, 6.07) is 4.16. The molecule has 2 atom stereocenters. The molecular weight excluding hydrogens is 394 g/mol. The minimum Gasteiger partial charge on any atom is -0.496 e. The first-order valence-electron chi connectivity index (χ1n) is 10.9. The summed E-state index contributed by atoms with van der Waals surface area (Å²) in [7, 11) is 4.96. The lowest BCUT2D eigenvalue weighted by Gasteiger charge is -2.39. The summed E-state index contributed by atoms with van der Waals surface area (Å²) in [5.74, 6) is 3.76. The predicted molar refractivity (Wildman–Crippen MR) is 122 cm³/mol. The van der Waals surface area contributed by atoms with Crippen LogP contribution in [0.25, 0.3) is 0 Å².